The predicted molar refractivity (Wildman–Crippen MR) is 74.7 cm³/mol. The molecule has 0 radical (unpaired) electrons. The second-order valence-corrected chi connectivity index (χ2v) is 4.84. The lowest BCUT2D eigenvalue weighted by Gasteiger charge is -2.16. The van der Waals surface area contributed by atoms with Crippen molar-refractivity contribution in [1.29, 1.82) is 0 Å². The minimum absolute atomic E-state index is 0.0398. The van der Waals surface area contributed by atoms with Crippen LogP contribution in [0.5, 0.6) is 5.75 Å². The molecule has 0 heterocycles. The zero-order valence-electron chi connectivity index (χ0n) is 11.2. The molecule has 0 saturated heterocycles. The molecular weight excluding hydrogens is 260 g/mol. The van der Waals surface area contributed by atoms with Gasteiger partial charge in [0.15, 0.2) is 0 Å². The van der Waals surface area contributed by atoms with Gasteiger partial charge in [0.25, 0.3) is 0 Å². The number of hydrogen-bond acceptors (Lipinski definition) is 2. The van der Waals surface area contributed by atoms with Gasteiger partial charge in [-0.25, -0.2) is 8.78 Å². The third kappa shape index (κ3) is 4.03. The summed E-state index contributed by atoms with van der Waals surface area (Å²) in [5.74, 6) is -0.909. The first-order valence-corrected chi connectivity index (χ1v) is 6.47. The van der Waals surface area contributed by atoms with Crippen molar-refractivity contribution in [3.63, 3.8) is 0 Å². The van der Waals surface area contributed by atoms with Crippen molar-refractivity contribution in [2.24, 2.45) is 0 Å². The largest absolute Gasteiger partial charge is 0.508 e. The number of likely N-dealkylation sites (N-methyl/N-ethyl adjacent to an activating group) is 1. The minimum Gasteiger partial charge on any atom is -0.508 e. The molecule has 2 aromatic rings. The highest BCUT2D eigenvalue weighted by Crippen LogP contribution is 2.15. The summed E-state index contributed by atoms with van der Waals surface area (Å²) >= 11 is 0. The van der Waals surface area contributed by atoms with E-state index in [2.05, 4.69) is 5.32 Å². The Morgan fingerprint density at radius 3 is 2.25 bits per heavy atom. The number of phenolic OH excluding ortho intramolecular Hbond substituents is 1. The summed E-state index contributed by atoms with van der Waals surface area (Å²) in [4.78, 5) is 0. The molecule has 1 atom stereocenters. The maximum Gasteiger partial charge on any atom is 0.126 e. The summed E-state index contributed by atoms with van der Waals surface area (Å²) in [5.41, 5.74) is 1.59. The summed E-state index contributed by atoms with van der Waals surface area (Å²) in [5, 5.41) is 12.6. The van der Waals surface area contributed by atoms with E-state index in [0.717, 1.165) is 11.6 Å². The number of nitrogens with one attached hydrogen (secondary N) is 1. The van der Waals surface area contributed by atoms with Gasteiger partial charge >= 0.3 is 0 Å². The summed E-state index contributed by atoms with van der Waals surface area (Å²) in [6.45, 7) is 0. The van der Waals surface area contributed by atoms with E-state index in [1.807, 2.05) is 13.1 Å². The Labute approximate surface area is 117 Å². The van der Waals surface area contributed by atoms with Gasteiger partial charge in [0.1, 0.15) is 17.4 Å². The van der Waals surface area contributed by atoms with Gasteiger partial charge < -0.3 is 10.4 Å². The number of hydrogen-bond donors (Lipinski definition) is 2. The van der Waals surface area contributed by atoms with E-state index in [0.29, 0.717) is 18.4 Å². The Kier molecular flexibility index (Phi) is 4.69. The molecule has 0 bridgehead atoms. The first kappa shape index (κ1) is 14.5. The molecule has 0 aliphatic carbocycles. The Hall–Kier alpha value is -1.94. The smallest absolute Gasteiger partial charge is 0.126 e. The first-order chi connectivity index (χ1) is 9.56. The number of benzene rings is 2. The van der Waals surface area contributed by atoms with E-state index < -0.39 is 11.6 Å². The quantitative estimate of drug-likeness (QED) is 0.880. The van der Waals surface area contributed by atoms with Gasteiger partial charge in [-0.1, -0.05) is 12.1 Å². The Morgan fingerprint density at radius 2 is 1.65 bits per heavy atom. The average Bonchev–Trinajstić information content (AvgIpc) is 2.36. The molecule has 4 heteroatoms. The molecule has 1 unspecified atom stereocenters. The van der Waals surface area contributed by atoms with Crippen LogP contribution >= 0.6 is 0 Å². The van der Waals surface area contributed by atoms with Crippen LogP contribution in [-0.4, -0.2) is 18.2 Å². The van der Waals surface area contributed by atoms with Crippen molar-refractivity contribution in [2.75, 3.05) is 7.05 Å². The summed E-state index contributed by atoms with van der Waals surface area (Å²) in [7, 11) is 1.81. The molecule has 0 fully saturated rings. The highest BCUT2D eigenvalue weighted by molar-refractivity contribution is 5.28. The van der Waals surface area contributed by atoms with Crippen LogP contribution < -0.4 is 5.32 Å². The van der Waals surface area contributed by atoms with E-state index in [1.165, 1.54) is 12.1 Å². The first-order valence-electron chi connectivity index (χ1n) is 6.47. The Bertz CT molecular complexity index is 566. The molecule has 2 nitrogen and oxygen atoms in total. The van der Waals surface area contributed by atoms with Crippen LogP contribution in [0.15, 0.2) is 42.5 Å². The lowest BCUT2D eigenvalue weighted by Crippen LogP contribution is -2.30. The van der Waals surface area contributed by atoms with Crippen LogP contribution in [0, 0.1) is 11.6 Å². The number of aromatic hydroxyl groups is 1. The van der Waals surface area contributed by atoms with Gasteiger partial charge in [0.2, 0.25) is 0 Å². The maximum absolute atomic E-state index is 13.2. The Morgan fingerprint density at radius 1 is 1.00 bits per heavy atom. The molecule has 0 amide bonds. The van der Waals surface area contributed by atoms with Gasteiger partial charge in [0.05, 0.1) is 0 Å². The SMILES string of the molecule is CNC(Cc1cccc(O)c1)Cc1cc(F)cc(F)c1. The van der Waals surface area contributed by atoms with Crippen molar-refractivity contribution < 1.29 is 13.9 Å². The van der Waals surface area contributed by atoms with Gasteiger partial charge in [-0.3, -0.25) is 0 Å². The van der Waals surface area contributed by atoms with Crippen molar-refractivity contribution in [2.45, 2.75) is 18.9 Å². The molecule has 106 valence electrons. The van der Waals surface area contributed by atoms with Crippen LogP contribution in [0.2, 0.25) is 0 Å². The highest BCUT2D eigenvalue weighted by Gasteiger charge is 2.10. The van der Waals surface area contributed by atoms with Crippen molar-refractivity contribution >= 4 is 0 Å². The van der Waals surface area contributed by atoms with E-state index in [4.69, 9.17) is 0 Å². The number of rotatable bonds is 5. The zero-order chi connectivity index (χ0) is 14.5. The van der Waals surface area contributed by atoms with Crippen LogP contribution in [-0.2, 0) is 12.8 Å². The second kappa shape index (κ2) is 6.48. The molecule has 20 heavy (non-hydrogen) atoms. The molecule has 0 saturated carbocycles. The van der Waals surface area contributed by atoms with Crippen molar-refractivity contribution in [3.05, 3.63) is 65.2 Å². The summed E-state index contributed by atoms with van der Waals surface area (Å²) < 4.78 is 26.3. The minimum atomic E-state index is -0.563. The third-order valence-corrected chi connectivity index (χ3v) is 3.21. The molecule has 2 N–H and O–H groups in total. The fourth-order valence-electron chi connectivity index (χ4n) is 2.26. The van der Waals surface area contributed by atoms with Crippen LogP contribution in [0.25, 0.3) is 0 Å². The molecule has 0 aliphatic heterocycles. The zero-order valence-corrected chi connectivity index (χ0v) is 11.2. The lowest BCUT2D eigenvalue weighted by atomic mass is 9.99. The monoisotopic (exact) mass is 277 g/mol. The van der Waals surface area contributed by atoms with Gasteiger partial charge in [-0.05, 0) is 55.3 Å². The lowest BCUT2D eigenvalue weighted by molar-refractivity contribution is 0.473. The van der Waals surface area contributed by atoms with E-state index in [1.54, 1.807) is 18.2 Å². The standard InChI is InChI=1S/C16H17F2NO/c1-19-15(7-11-3-2-4-16(20)9-11)8-12-5-13(17)10-14(18)6-12/h2-6,9-10,15,19-20H,7-8H2,1H3. The van der Waals surface area contributed by atoms with Crippen LogP contribution in [0.1, 0.15) is 11.1 Å². The van der Waals surface area contributed by atoms with Gasteiger partial charge in [0, 0.05) is 12.1 Å². The maximum atomic E-state index is 13.2. The van der Waals surface area contributed by atoms with Crippen molar-refractivity contribution in [3.8, 4) is 5.75 Å². The summed E-state index contributed by atoms with van der Waals surface area (Å²) in [6.07, 6.45) is 1.18. The molecule has 0 aromatic heterocycles. The van der Waals surface area contributed by atoms with Crippen LogP contribution in [0.4, 0.5) is 8.78 Å². The molecule has 0 spiro atoms. The number of halogens is 2. The Balaban J connectivity index is 2.09. The van der Waals surface area contributed by atoms with Crippen molar-refractivity contribution in [1.82, 2.24) is 5.32 Å². The molecule has 0 aliphatic rings. The highest BCUT2D eigenvalue weighted by atomic mass is 19.1. The molecule has 2 aromatic carbocycles. The predicted octanol–water partition coefficient (Wildman–Crippen LogP) is 3.04. The van der Waals surface area contributed by atoms with Crippen LogP contribution in [0.3, 0.4) is 0 Å². The summed E-state index contributed by atoms with van der Waals surface area (Å²) in [6, 6.07) is 10.6. The molecular formula is C16H17F2NO. The topological polar surface area (TPSA) is 32.3 Å². The van der Waals surface area contributed by atoms with E-state index >= 15 is 0 Å². The molecule has 2 rings (SSSR count). The van der Waals surface area contributed by atoms with E-state index in [9.17, 15) is 13.9 Å². The fraction of sp³-hybridized carbons (Fsp3) is 0.250. The average molecular weight is 277 g/mol. The number of phenols is 1. The second-order valence-electron chi connectivity index (χ2n) is 4.84. The van der Waals surface area contributed by atoms with E-state index in [-0.39, 0.29) is 11.8 Å². The third-order valence-electron chi connectivity index (χ3n) is 3.21. The van der Waals surface area contributed by atoms with Gasteiger partial charge in [-0.15, -0.1) is 0 Å². The van der Waals surface area contributed by atoms with Gasteiger partial charge in [-0.2, -0.15) is 0 Å². The normalized spacial score (nSPS) is 12.3. The fourth-order valence-corrected chi connectivity index (χ4v) is 2.26.